The molecule has 1 aromatic rings. The van der Waals surface area contributed by atoms with Crippen molar-refractivity contribution in [1.82, 2.24) is 0 Å². The van der Waals surface area contributed by atoms with Crippen molar-refractivity contribution in [3.63, 3.8) is 0 Å². The summed E-state index contributed by atoms with van der Waals surface area (Å²) in [7, 11) is 0. The Morgan fingerprint density at radius 3 is 2.86 bits per heavy atom. The second-order valence-electron chi connectivity index (χ2n) is 6.11. The van der Waals surface area contributed by atoms with Crippen molar-refractivity contribution >= 4 is 17.6 Å². The first-order chi connectivity index (χ1) is 10.6. The lowest BCUT2D eigenvalue weighted by Crippen LogP contribution is -2.24. The molecule has 5 nitrogen and oxygen atoms in total. The fraction of sp³-hybridized carbons (Fsp3) is 0.471. The molecule has 0 atom stereocenters. The van der Waals surface area contributed by atoms with Gasteiger partial charge in [0.05, 0.1) is 18.2 Å². The van der Waals surface area contributed by atoms with E-state index in [-0.39, 0.29) is 11.3 Å². The third-order valence-corrected chi connectivity index (χ3v) is 4.39. The Balaban J connectivity index is 1.66. The lowest BCUT2D eigenvalue weighted by molar-refractivity contribution is -0.117. The predicted molar refractivity (Wildman–Crippen MR) is 80.2 cm³/mol. The minimum absolute atomic E-state index is 0.0940. The van der Waals surface area contributed by atoms with Gasteiger partial charge in [-0.05, 0) is 37.5 Å². The highest BCUT2D eigenvalue weighted by molar-refractivity contribution is 5.97. The van der Waals surface area contributed by atoms with Gasteiger partial charge in [0, 0.05) is 30.5 Å². The van der Waals surface area contributed by atoms with Crippen LogP contribution >= 0.6 is 0 Å². The lowest BCUT2D eigenvalue weighted by Gasteiger charge is -2.17. The number of hydrogen-bond acceptors (Lipinski definition) is 4. The number of rotatable bonds is 5. The topological polar surface area (TPSA) is 70.4 Å². The molecule has 2 fully saturated rings. The van der Waals surface area contributed by atoms with E-state index in [1.165, 1.54) is 0 Å². The zero-order valence-corrected chi connectivity index (χ0v) is 12.4. The summed E-state index contributed by atoms with van der Waals surface area (Å²) in [5.74, 6) is -0.297. The highest BCUT2D eigenvalue weighted by Gasteiger charge is 2.43. The molecule has 1 saturated heterocycles. The van der Waals surface area contributed by atoms with Crippen molar-refractivity contribution in [3.8, 4) is 6.07 Å². The Kier molecular flexibility index (Phi) is 3.84. The predicted octanol–water partition coefficient (Wildman–Crippen LogP) is 2.66. The number of ether oxygens (including phenoxy) is 1. The van der Waals surface area contributed by atoms with Gasteiger partial charge in [0.2, 0.25) is 5.91 Å². The molecule has 2 aliphatic rings. The molecule has 5 heteroatoms. The molecule has 0 aromatic heterocycles. The molecule has 0 radical (unpaired) electrons. The molecule has 1 amide bonds. The number of hydrogen-bond donors (Lipinski definition) is 0. The second-order valence-corrected chi connectivity index (χ2v) is 6.11. The second kappa shape index (κ2) is 5.80. The Bertz CT molecular complexity index is 644. The Labute approximate surface area is 129 Å². The number of nitriles is 1. The summed E-state index contributed by atoms with van der Waals surface area (Å²) in [6.45, 7) is 0.995. The maximum Gasteiger partial charge on any atom is 0.338 e. The molecule has 114 valence electrons. The van der Waals surface area contributed by atoms with Crippen molar-refractivity contribution in [2.24, 2.45) is 5.41 Å². The van der Waals surface area contributed by atoms with E-state index >= 15 is 0 Å². The van der Waals surface area contributed by atoms with Gasteiger partial charge in [-0.25, -0.2) is 4.79 Å². The van der Waals surface area contributed by atoms with E-state index in [0.717, 1.165) is 24.9 Å². The fourth-order valence-corrected chi connectivity index (χ4v) is 2.74. The van der Waals surface area contributed by atoms with Gasteiger partial charge in [-0.15, -0.1) is 0 Å². The lowest BCUT2D eigenvalue weighted by atomic mass is 10.1. The molecule has 1 aliphatic heterocycles. The summed E-state index contributed by atoms with van der Waals surface area (Å²) in [5.41, 5.74) is 1.08. The molecular weight excluding hydrogens is 280 g/mol. The largest absolute Gasteiger partial charge is 0.461 e. The van der Waals surface area contributed by atoms with E-state index in [2.05, 4.69) is 6.07 Å². The quantitative estimate of drug-likeness (QED) is 0.784. The maximum atomic E-state index is 12.2. The highest BCUT2D eigenvalue weighted by atomic mass is 16.5. The van der Waals surface area contributed by atoms with Crippen molar-refractivity contribution in [2.45, 2.75) is 32.1 Å². The smallest absolute Gasteiger partial charge is 0.338 e. The molecule has 0 bridgehead atoms. The van der Waals surface area contributed by atoms with Crippen LogP contribution in [0.15, 0.2) is 24.3 Å². The van der Waals surface area contributed by atoms with Crippen LogP contribution in [0.3, 0.4) is 0 Å². The molecule has 1 aromatic carbocycles. The molecular formula is C17H18N2O3. The first-order valence-electron chi connectivity index (χ1n) is 7.58. The van der Waals surface area contributed by atoms with Crippen molar-refractivity contribution in [1.29, 1.82) is 5.26 Å². The number of anilines is 1. The van der Waals surface area contributed by atoms with E-state index in [0.29, 0.717) is 31.6 Å². The molecule has 0 unspecified atom stereocenters. The average Bonchev–Trinajstić information content (AvgIpc) is 3.16. The molecule has 1 saturated carbocycles. The van der Waals surface area contributed by atoms with Gasteiger partial charge in [0.1, 0.15) is 0 Å². The third-order valence-electron chi connectivity index (χ3n) is 4.39. The fourth-order valence-electron chi connectivity index (χ4n) is 2.74. The van der Waals surface area contributed by atoms with Gasteiger partial charge >= 0.3 is 5.97 Å². The van der Waals surface area contributed by atoms with E-state index in [1.807, 2.05) is 6.07 Å². The number of amides is 1. The van der Waals surface area contributed by atoms with Crippen LogP contribution in [0.25, 0.3) is 0 Å². The van der Waals surface area contributed by atoms with E-state index in [9.17, 15) is 9.59 Å². The van der Waals surface area contributed by atoms with E-state index in [1.54, 1.807) is 23.1 Å². The van der Waals surface area contributed by atoms with Crippen molar-refractivity contribution < 1.29 is 14.3 Å². The number of benzene rings is 1. The normalized spacial score (nSPS) is 18.9. The van der Waals surface area contributed by atoms with Crippen molar-refractivity contribution in [3.05, 3.63) is 29.8 Å². The molecule has 0 N–H and O–H groups in total. The van der Waals surface area contributed by atoms with Crippen LogP contribution in [0.4, 0.5) is 5.69 Å². The first kappa shape index (κ1) is 14.6. The van der Waals surface area contributed by atoms with Gasteiger partial charge in [-0.3, -0.25) is 4.79 Å². The van der Waals surface area contributed by atoms with Crippen LogP contribution in [-0.2, 0) is 9.53 Å². The summed E-state index contributed by atoms with van der Waals surface area (Å²) < 4.78 is 5.36. The van der Waals surface area contributed by atoms with Gasteiger partial charge in [0.15, 0.2) is 0 Å². The van der Waals surface area contributed by atoms with Crippen LogP contribution < -0.4 is 4.90 Å². The van der Waals surface area contributed by atoms with Crippen molar-refractivity contribution in [2.75, 3.05) is 18.1 Å². The third kappa shape index (κ3) is 2.96. The summed E-state index contributed by atoms with van der Waals surface area (Å²) in [6, 6.07) is 9.14. The summed E-state index contributed by atoms with van der Waals surface area (Å²) in [6.07, 6.45) is 3.73. The minimum Gasteiger partial charge on any atom is -0.461 e. The number of nitrogens with zero attached hydrogens (tertiary/aromatic N) is 2. The van der Waals surface area contributed by atoms with Crippen LogP contribution in [0, 0.1) is 16.7 Å². The minimum atomic E-state index is -0.391. The molecule has 22 heavy (non-hydrogen) atoms. The zero-order valence-electron chi connectivity index (χ0n) is 12.4. The Hall–Kier alpha value is -2.35. The highest BCUT2D eigenvalue weighted by Crippen LogP contribution is 2.48. The summed E-state index contributed by atoms with van der Waals surface area (Å²) in [5, 5.41) is 8.78. The zero-order chi connectivity index (χ0) is 15.6. The number of esters is 1. The van der Waals surface area contributed by atoms with Crippen LogP contribution in [0.2, 0.25) is 0 Å². The number of carbonyl (C=O) groups is 2. The SMILES string of the molecule is N#CCC1(COC(=O)c2cccc(N3CCCC3=O)c2)CC1. The van der Waals surface area contributed by atoms with Crippen LogP contribution in [-0.4, -0.2) is 25.0 Å². The molecule has 0 spiro atoms. The van der Waals surface area contributed by atoms with Gasteiger partial charge in [-0.2, -0.15) is 5.26 Å². The average molecular weight is 298 g/mol. The van der Waals surface area contributed by atoms with E-state index < -0.39 is 5.97 Å². The van der Waals surface area contributed by atoms with Crippen LogP contribution in [0.1, 0.15) is 42.5 Å². The maximum absolute atomic E-state index is 12.2. The standard InChI is InChI=1S/C17H18N2O3/c18-9-8-17(6-7-17)12-22-16(21)13-3-1-4-14(11-13)19-10-2-5-15(19)20/h1,3-4,11H,2,5-8,10,12H2. The summed E-state index contributed by atoms with van der Waals surface area (Å²) in [4.78, 5) is 25.6. The number of carbonyl (C=O) groups excluding carboxylic acids is 2. The molecule has 3 rings (SSSR count). The van der Waals surface area contributed by atoms with Gasteiger partial charge in [0.25, 0.3) is 0 Å². The Morgan fingerprint density at radius 2 is 2.23 bits per heavy atom. The van der Waals surface area contributed by atoms with Crippen LogP contribution in [0.5, 0.6) is 0 Å². The molecule has 1 aliphatic carbocycles. The monoisotopic (exact) mass is 298 g/mol. The van der Waals surface area contributed by atoms with Gasteiger partial charge in [-0.1, -0.05) is 6.07 Å². The first-order valence-corrected chi connectivity index (χ1v) is 7.58. The molecule has 1 heterocycles. The Morgan fingerprint density at radius 1 is 1.41 bits per heavy atom. The van der Waals surface area contributed by atoms with Gasteiger partial charge < -0.3 is 9.64 Å². The summed E-state index contributed by atoms with van der Waals surface area (Å²) >= 11 is 0. The van der Waals surface area contributed by atoms with E-state index in [4.69, 9.17) is 10.00 Å².